The van der Waals surface area contributed by atoms with Gasteiger partial charge in [0.05, 0.1) is 35.1 Å². The van der Waals surface area contributed by atoms with Crippen molar-refractivity contribution in [3.63, 3.8) is 0 Å². The van der Waals surface area contributed by atoms with Crippen molar-refractivity contribution < 1.29 is 14.3 Å². The zero-order valence-corrected chi connectivity index (χ0v) is 22.5. The van der Waals surface area contributed by atoms with Crippen LogP contribution in [0, 0.1) is 5.92 Å². The molecule has 37 heavy (non-hydrogen) atoms. The highest BCUT2D eigenvalue weighted by Gasteiger charge is 2.33. The van der Waals surface area contributed by atoms with Crippen molar-refractivity contribution >= 4 is 29.5 Å². The van der Waals surface area contributed by atoms with E-state index in [1.54, 1.807) is 17.6 Å². The predicted octanol–water partition coefficient (Wildman–Crippen LogP) is 4.89. The van der Waals surface area contributed by atoms with E-state index in [1.165, 1.54) is 11.3 Å². The van der Waals surface area contributed by atoms with E-state index >= 15 is 0 Å². The van der Waals surface area contributed by atoms with Gasteiger partial charge in [-0.2, -0.15) is 0 Å². The summed E-state index contributed by atoms with van der Waals surface area (Å²) in [5.74, 6) is 0.481. The normalized spacial score (nSPS) is 15.7. The monoisotopic (exact) mass is 516 g/mol. The number of carbonyl (C=O) groups is 1. The molecule has 0 N–H and O–H groups in total. The summed E-state index contributed by atoms with van der Waals surface area (Å²) in [7, 11) is 0. The van der Waals surface area contributed by atoms with Crippen LogP contribution in [0.2, 0.25) is 0 Å². The van der Waals surface area contributed by atoms with E-state index in [0.717, 1.165) is 23.3 Å². The molecule has 0 bridgehead atoms. The predicted molar refractivity (Wildman–Crippen MR) is 148 cm³/mol. The van der Waals surface area contributed by atoms with Crippen LogP contribution in [0.25, 0.3) is 12.2 Å². The van der Waals surface area contributed by atoms with Crippen molar-refractivity contribution in [1.29, 1.82) is 0 Å². The third-order valence-corrected chi connectivity index (χ3v) is 6.80. The molecule has 0 saturated heterocycles. The molecule has 0 saturated carbocycles. The molecule has 1 unspecified atom stereocenters. The summed E-state index contributed by atoms with van der Waals surface area (Å²) in [5, 5.41) is 0. The Kier molecular flexibility index (Phi) is 8.56. The number of esters is 1. The van der Waals surface area contributed by atoms with Crippen molar-refractivity contribution in [1.82, 2.24) is 4.57 Å². The maximum absolute atomic E-state index is 13.6. The molecule has 1 aliphatic heterocycles. The second-order valence-electron chi connectivity index (χ2n) is 9.28. The number of thiazole rings is 1. The molecule has 6 nitrogen and oxygen atoms in total. The van der Waals surface area contributed by atoms with Gasteiger partial charge in [-0.25, -0.2) is 9.79 Å². The van der Waals surface area contributed by atoms with Gasteiger partial charge in [-0.3, -0.25) is 9.36 Å². The van der Waals surface area contributed by atoms with E-state index in [0.29, 0.717) is 33.8 Å². The first kappa shape index (κ1) is 26.4. The summed E-state index contributed by atoms with van der Waals surface area (Å²) in [5.41, 5.74) is 2.57. The molecule has 3 aromatic rings. The van der Waals surface area contributed by atoms with Gasteiger partial charge in [0.25, 0.3) is 5.56 Å². The van der Waals surface area contributed by atoms with Crippen LogP contribution in [0.4, 0.5) is 0 Å². The lowest BCUT2D eigenvalue weighted by Gasteiger charge is -2.25. The standard InChI is InChI=1S/C30H32N2O4S/c1-5-18-35-24-16-14-23(15-17-24)27-26(29(34)36-19-20(2)3)21(4)31-30-32(27)28(33)25(37-30)13-9-12-22-10-7-6-8-11-22/h6-17,20,27H,5,18-19H2,1-4H3. The summed E-state index contributed by atoms with van der Waals surface area (Å²) in [4.78, 5) is 32.1. The van der Waals surface area contributed by atoms with Crippen LogP contribution in [0.1, 0.15) is 51.3 Å². The molecule has 2 heterocycles. The maximum Gasteiger partial charge on any atom is 0.338 e. The number of ether oxygens (including phenoxy) is 2. The topological polar surface area (TPSA) is 69.9 Å². The Balaban J connectivity index is 1.79. The number of hydrogen-bond acceptors (Lipinski definition) is 6. The lowest BCUT2D eigenvalue weighted by Crippen LogP contribution is -2.40. The fraction of sp³-hybridized carbons (Fsp3) is 0.300. The molecule has 0 radical (unpaired) electrons. The summed E-state index contributed by atoms with van der Waals surface area (Å²) >= 11 is 1.31. The SMILES string of the molecule is CCCOc1ccc(C2C(C(=O)OCC(C)C)=C(C)N=c3sc(=CC=Cc4ccccc4)c(=O)n32)cc1. The molecule has 0 spiro atoms. The first-order valence-corrected chi connectivity index (χ1v) is 13.3. The van der Waals surface area contributed by atoms with Crippen LogP contribution in [-0.2, 0) is 9.53 Å². The minimum atomic E-state index is -0.642. The van der Waals surface area contributed by atoms with E-state index in [4.69, 9.17) is 9.47 Å². The highest BCUT2D eigenvalue weighted by atomic mass is 32.1. The zero-order valence-electron chi connectivity index (χ0n) is 21.6. The van der Waals surface area contributed by atoms with Crippen LogP contribution < -0.4 is 19.6 Å². The number of benzene rings is 2. The second-order valence-corrected chi connectivity index (χ2v) is 10.3. The molecule has 1 atom stereocenters. The van der Waals surface area contributed by atoms with E-state index < -0.39 is 12.0 Å². The molecule has 192 valence electrons. The lowest BCUT2D eigenvalue weighted by molar-refractivity contribution is -0.140. The Labute approximate surface area is 220 Å². The quantitative estimate of drug-likeness (QED) is 0.380. The fourth-order valence-corrected chi connectivity index (χ4v) is 5.01. The minimum Gasteiger partial charge on any atom is -0.494 e. The van der Waals surface area contributed by atoms with Gasteiger partial charge in [-0.1, -0.05) is 86.7 Å². The van der Waals surface area contributed by atoms with Gasteiger partial charge in [0, 0.05) is 0 Å². The van der Waals surface area contributed by atoms with Crippen LogP contribution in [0.5, 0.6) is 5.75 Å². The third-order valence-electron chi connectivity index (χ3n) is 5.79. The van der Waals surface area contributed by atoms with Crippen molar-refractivity contribution in [3.8, 4) is 5.75 Å². The average molecular weight is 517 g/mol. The number of hydrogen-bond donors (Lipinski definition) is 0. The van der Waals surface area contributed by atoms with E-state index in [2.05, 4.69) is 11.9 Å². The highest BCUT2D eigenvalue weighted by molar-refractivity contribution is 7.07. The molecule has 1 aliphatic rings. The first-order chi connectivity index (χ1) is 17.9. The average Bonchev–Trinajstić information content (AvgIpc) is 3.20. The van der Waals surface area contributed by atoms with Crippen molar-refractivity contribution in [3.05, 3.63) is 103 Å². The summed E-state index contributed by atoms with van der Waals surface area (Å²) in [6.07, 6.45) is 6.52. The highest BCUT2D eigenvalue weighted by Crippen LogP contribution is 2.31. The molecule has 0 aliphatic carbocycles. The smallest absolute Gasteiger partial charge is 0.338 e. The summed E-state index contributed by atoms with van der Waals surface area (Å²) < 4.78 is 13.5. The van der Waals surface area contributed by atoms with Crippen molar-refractivity contribution in [2.24, 2.45) is 10.9 Å². The number of rotatable bonds is 9. The summed E-state index contributed by atoms with van der Waals surface area (Å²) in [6.45, 7) is 8.73. The molecule has 2 aromatic carbocycles. The van der Waals surface area contributed by atoms with Crippen molar-refractivity contribution in [2.75, 3.05) is 13.2 Å². The molecule has 0 amide bonds. The van der Waals surface area contributed by atoms with Gasteiger partial charge in [0.2, 0.25) is 0 Å². The largest absolute Gasteiger partial charge is 0.494 e. The number of fused-ring (bicyclic) bond motifs is 1. The Hall–Kier alpha value is -3.71. The number of aromatic nitrogens is 1. The van der Waals surface area contributed by atoms with Crippen LogP contribution >= 0.6 is 11.3 Å². The number of nitrogens with zero attached hydrogens (tertiary/aromatic N) is 2. The molecule has 4 rings (SSSR count). The Bertz CT molecular complexity index is 1480. The van der Waals surface area contributed by atoms with Gasteiger partial charge < -0.3 is 9.47 Å². The number of allylic oxidation sites excluding steroid dienone is 2. The molecular weight excluding hydrogens is 484 g/mol. The zero-order chi connectivity index (χ0) is 26.4. The fourth-order valence-electron chi connectivity index (χ4n) is 4.01. The van der Waals surface area contributed by atoms with Gasteiger partial charge in [0.1, 0.15) is 5.75 Å². The third kappa shape index (κ3) is 6.17. The Morgan fingerprint density at radius 2 is 1.86 bits per heavy atom. The van der Waals surface area contributed by atoms with Crippen molar-refractivity contribution in [2.45, 2.75) is 40.2 Å². The first-order valence-electron chi connectivity index (χ1n) is 12.5. The molecular formula is C30H32N2O4S. The van der Waals surface area contributed by atoms with E-state index in [9.17, 15) is 9.59 Å². The maximum atomic E-state index is 13.6. The van der Waals surface area contributed by atoms with Crippen LogP contribution in [0.3, 0.4) is 0 Å². The van der Waals surface area contributed by atoms with E-state index in [1.807, 2.05) is 80.6 Å². The van der Waals surface area contributed by atoms with E-state index in [-0.39, 0.29) is 11.5 Å². The minimum absolute atomic E-state index is 0.191. The van der Waals surface area contributed by atoms with Gasteiger partial charge in [0.15, 0.2) is 4.80 Å². The molecule has 7 heteroatoms. The Morgan fingerprint density at radius 3 is 2.54 bits per heavy atom. The molecule has 0 fully saturated rings. The second kappa shape index (κ2) is 12.0. The number of carbonyl (C=O) groups excluding carboxylic acids is 1. The van der Waals surface area contributed by atoms with Crippen LogP contribution in [-0.4, -0.2) is 23.8 Å². The summed E-state index contributed by atoms with van der Waals surface area (Å²) in [6, 6.07) is 16.8. The van der Waals surface area contributed by atoms with Gasteiger partial charge in [-0.15, -0.1) is 0 Å². The lowest BCUT2D eigenvalue weighted by atomic mass is 9.96. The van der Waals surface area contributed by atoms with Crippen LogP contribution in [0.15, 0.2) is 81.7 Å². The van der Waals surface area contributed by atoms with Gasteiger partial charge in [-0.05, 0) is 48.6 Å². The molecule has 1 aromatic heterocycles. The van der Waals surface area contributed by atoms with Gasteiger partial charge >= 0.3 is 5.97 Å². The Morgan fingerprint density at radius 1 is 1.14 bits per heavy atom.